The fraction of sp³-hybridized carbons (Fsp3) is 0.333. The van der Waals surface area contributed by atoms with Gasteiger partial charge in [-0.25, -0.2) is 0 Å². The Balaban J connectivity index is 2.10. The van der Waals surface area contributed by atoms with E-state index in [9.17, 15) is 5.11 Å². The van der Waals surface area contributed by atoms with Gasteiger partial charge in [-0.1, -0.05) is 53.0 Å². The second-order valence-corrected chi connectivity index (χ2v) is 6.47. The molecule has 0 unspecified atom stereocenters. The molecule has 0 fully saturated rings. The standard InChI is InChI=1S/C18H21Cl2NO2/c1-12-3-5-14(6-4-12)11-23-18-15(10-21-9-13(2)22)7-16(19)8-17(18)20/h3-8,13,21-22H,9-11H2,1-2H3/t13-/m0/s1. The second-order valence-electron chi connectivity index (χ2n) is 5.63. The molecule has 2 N–H and O–H groups in total. The molecular formula is C18H21Cl2NO2. The van der Waals surface area contributed by atoms with E-state index in [1.807, 2.05) is 37.3 Å². The molecule has 0 saturated heterocycles. The van der Waals surface area contributed by atoms with Crippen LogP contribution in [0.2, 0.25) is 10.0 Å². The van der Waals surface area contributed by atoms with E-state index in [1.165, 1.54) is 5.56 Å². The van der Waals surface area contributed by atoms with Crippen molar-refractivity contribution >= 4 is 23.2 Å². The minimum atomic E-state index is -0.415. The van der Waals surface area contributed by atoms with Gasteiger partial charge in [0.2, 0.25) is 0 Å². The number of hydrogen-bond acceptors (Lipinski definition) is 3. The van der Waals surface area contributed by atoms with Crippen LogP contribution >= 0.6 is 23.2 Å². The smallest absolute Gasteiger partial charge is 0.142 e. The summed E-state index contributed by atoms with van der Waals surface area (Å²) in [5, 5.41) is 13.5. The van der Waals surface area contributed by atoms with Crippen LogP contribution in [0.5, 0.6) is 5.75 Å². The van der Waals surface area contributed by atoms with Gasteiger partial charge in [0, 0.05) is 23.7 Å². The van der Waals surface area contributed by atoms with Crippen molar-refractivity contribution in [3.63, 3.8) is 0 Å². The molecule has 0 amide bonds. The normalized spacial score (nSPS) is 12.2. The lowest BCUT2D eigenvalue weighted by atomic mass is 10.1. The predicted octanol–water partition coefficient (Wildman–Crippen LogP) is 4.35. The molecule has 0 aromatic heterocycles. The quantitative estimate of drug-likeness (QED) is 0.777. The lowest BCUT2D eigenvalue weighted by molar-refractivity contribution is 0.190. The van der Waals surface area contributed by atoms with E-state index >= 15 is 0 Å². The molecule has 23 heavy (non-hydrogen) atoms. The van der Waals surface area contributed by atoms with Crippen molar-refractivity contribution in [2.75, 3.05) is 6.54 Å². The highest BCUT2D eigenvalue weighted by Crippen LogP contribution is 2.33. The highest BCUT2D eigenvalue weighted by atomic mass is 35.5. The molecular weight excluding hydrogens is 333 g/mol. The van der Waals surface area contributed by atoms with Crippen LogP contribution in [0.15, 0.2) is 36.4 Å². The van der Waals surface area contributed by atoms with Gasteiger partial charge in [-0.15, -0.1) is 0 Å². The Morgan fingerprint density at radius 1 is 1.17 bits per heavy atom. The summed E-state index contributed by atoms with van der Waals surface area (Å²) >= 11 is 12.4. The van der Waals surface area contributed by atoms with Gasteiger partial charge in [0.1, 0.15) is 12.4 Å². The first-order chi connectivity index (χ1) is 11.0. The van der Waals surface area contributed by atoms with E-state index in [-0.39, 0.29) is 0 Å². The lowest BCUT2D eigenvalue weighted by Gasteiger charge is -2.15. The van der Waals surface area contributed by atoms with Gasteiger partial charge in [-0.05, 0) is 31.5 Å². The van der Waals surface area contributed by atoms with Gasteiger partial charge < -0.3 is 15.2 Å². The summed E-state index contributed by atoms with van der Waals surface area (Å²) in [6.07, 6.45) is -0.415. The molecule has 2 aromatic rings. The average molecular weight is 354 g/mol. The van der Waals surface area contributed by atoms with Crippen molar-refractivity contribution in [1.82, 2.24) is 5.32 Å². The van der Waals surface area contributed by atoms with Crippen LogP contribution in [0.25, 0.3) is 0 Å². The van der Waals surface area contributed by atoms with E-state index in [2.05, 4.69) is 5.32 Å². The molecule has 0 aliphatic rings. The number of nitrogens with one attached hydrogen (secondary N) is 1. The lowest BCUT2D eigenvalue weighted by Crippen LogP contribution is -2.24. The molecule has 0 bridgehead atoms. The van der Waals surface area contributed by atoms with Crippen LogP contribution in [0.3, 0.4) is 0 Å². The van der Waals surface area contributed by atoms with Crippen molar-refractivity contribution in [3.8, 4) is 5.75 Å². The van der Waals surface area contributed by atoms with E-state index in [4.69, 9.17) is 27.9 Å². The molecule has 2 rings (SSSR count). The van der Waals surface area contributed by atoms with Gasteiger partial charge in [0.15, 0.2) is 0 Å². The molecule has 0 saturated carbocycles. The maximum atomic E-state index is 9.34. The first-order valence-corrected chi connectivity index (χ1v) is 8.26. The fourth-order valence-electron chi connectivity index (χ4n) is 2.16. The zero-order valence-corrected chi connectivity index (χ0v) is 14.8. The number of aryl methyl sites for hydroxylation is 1. The van der Waals surface area contributed by atoms with Gasteiger partial charge in [0.05, 0.1) is 11.1 Å². The summed E-state index contributed by atoms with van der Waals surface area (Å²) in [7, 11) is 0. The Kier molecular flexibility index (Phi) is 6.72. The predicted molar refractivity (Wildman–Crippen MR) is 95.4 cm³/mol. The first kappa shape index (κ1) is 18.1. The maximum absolute atomic E-state index is 9.34. The highest BCUT2D eigenvalue weighted by molar-refractivity contribution is 6.35. The molecule has 0 spiro atoms. The van der Waals surface area contributed by atoms with Crippen LogP contribution < -0.4 is 10.1 Å². The molecule has 0 radical (unpaired) electrons. The first-order valence-electron chi connectivity index (χ1n) is 7.50. The summed E-state index contributed by atoms with van der Waals surface area (Å²) in [6, 6.07) is 11.7. The molecule has 1 atom stereocenters. The van der Waals surface area contributed by atoms with Crippen LogP contribution in [-0.2, 0) is 13.2 Å². The number of aliphatic hydroxyl groups excluding tert-OH is 1. The number of ether oxygens (including phenoxy) is 1. The van der Waals surface area contributed by atoms with Crippen molar-refractivity contribution in [2.45, 2.75) is 33.1 Å². The van der Waals surface area contributed by atoms with Crippen molar-refractivity contribution < 1.29 is 9.84 Å². The number of halogens is 2. The molecule has 2 aromatic carbocycles. The number of hydrogen-bond donors (Lipinski definition) is 2. The SMILES string of the molecule is Cc1ccc(COc2c(Cl)cc(Cl)cc2CNC[C@H](C)O)cc1. The van der Waals surface area contributed by atoms with Gasteiger partial charge in [-0.2, -0.15) is 0 Å². The third kappa shape index (κ3) is 5.70. The number of benzene rings is 2. The Morgan fingerprint density at radius 3 is 2.52 bits per heavy atom. The van der Waals surface area contributed by atoms with Crippen LogP contribution in [0, 0.1) is 6.92 Å². The Bertz CT molecular complexity index is 642. The number of aliphatic hydroxyl groups is 1. The van der Waals surface area contributed by atoms with E-state index < -0.39 is 6.10 Å². The van der Waals surface area contributed by atoms with Crippen molar-refractivity contribution in [2.24, 2.45) is 0 Å². The maximum Gasteiger partial charge on any atom is 0.142 e. The second kappa shape index (κ2) is 8.55. The fourth-order valence-corrected chi connectivity index (χ4v) is 2.75. The Labute approximate surface area is 147 Å². The van der Waals surface area contributed by atoms with Gasteiger partial charge >= 0.3 is 0 Å². The summed E-state index contributed by atoms with van der Waals surface area (Å²) in [5.74, 6) is 0.620. The zero-order valence-electron chi connectivity index (χ0n) is 13.3. The van der Waals surface area contributed by atoms with E-state index in [1.54, 1.807) is 13.0 Å². The Morgan fingerprint density at radius 2 is 1.87 bits per heavy atom. The molecule has 3 nitrogen and oxygen atoms in total. The van der Waals surface area contributed by atoms with Crippen LogP contribution in [0.1, 0.15) is 23.6 Å². The average Bonchev–Trinajstić information content (AvgIpc) is 2.47. The van der Waals surface area contributed by atoms with E-state index in [0.717, 1.165) is 11.1 Å². The van der Waals surface area contributed by atoms with Gasteiger partial charge in [-0.3, -0.25) is 0 Å². The van der Waals surface area contributed by atoms with Crippen molar-refractivity contribution in [3.05, 3.63) is 63.1 Å². The van der Waals surface area contributed by atoms with Crippen LogP contribution in [0.4, 0.5) is 0 Å². The third-order valence-electron chi connectivity index (χ3n) is 3.34. The Hall–Kier alpha value is -1.26. The molecule has 0 heterocycles. The summed E-state index contributed by atoms with van der Waals surface area (Å²) in [6.45, 7) is 5.22. The summed E-state index contributed by atoms with van der Waals surface area (Å²) in [4.78, 5) is 0. The largest absolute Gasteiger partial charge is 0.487 e. The minimum absolute atomic E-state index is 0.415. The van der Waals surface area contributed by atoms with E-state index in [0.29, 0.717) is 35.5 Å². The summed E-state index contributed by atoms with van der Waals surface area (Å²) < 4.78 is 5.91. The molecule has 5 heteroatoms. The highest BCUT2D eigenvalue weighted by Gasteiger charge is 2.11. The van der Waals surface area contributed by atoms with Gasteiger partial charge in [0.25, 0.3) is 0 Å². The molecule has 124 valence electrons. The molecule has 0 aliphatic carbocycles. The third-order valence-corrected chi connectivity index (χ3v) is 3.84. The monoisotopic (exact) mass is 353 g/mol. The van der Waals surface area contributed by atoms with Crippen LogP contribution in [-0.4, -0.2) is 17.8 Å². The number of rotatable bonds is 7. The summed E-state index contributed by atoms with van der Waals surface area (Å²) in [5.41, 5.74) is 3.15. The molecule has 0 aliphatic heterocycles. The zero-order chi connectivity index (χ0) is 16.8. The minimum Gasteiger partial charge on any atom is -0.487 e. The van der Waals surface area contributed by atoms with Crippen molar-refractivity contribution in [1.29, 1.82) is 0 Å². The topological polar surface area (TPSA) is 41.5 Å².